The minimum atomic E-state index is 0.641. The molecule has 11 rings (SSSR count). The lowest BCUT2D eigenvalue weighted by molar-refractivity contribution is 1.17. The first-order valence-corrected chi connectivity index (χ1v) is 17.9. The molecule has 0 saturated heterocycles. The zero-order chi connectivity index (χ0) is 35.0. The molecule has 0 aliphatic rings. The van der Waals surface area contributed by atoms with Crippen LogP contribution in [0.2, 0.25) is 0 Å². The molecular formula is C49H30N4. The Balaban J connectivity index is 1.36. The summed E-state index contributed by atoms with van der Waals surface area (Å²) in [4.78, 5) is 0. The average molecular weight is 675 g/mol. The van der Waals surface area contributed by atoms with E-state index in [1.165, 1.54) is 60.0 Å². The molecule has 0 saturated carbocycles. The normalized spacial score (nSPS) is 11.8. The van der Waals surface area contributed by atoms with Crippen molar-refractivity contribution in [1.82, 2.24) is 13.7 Å². The molecule has 0 aliphatic heterocycles. The molecule has 3 aromatic heterocycles. The van der Waals surface area contributed by atoms with Crippen LogP contribution in [0.3, 0.4) is 0 Å². The van der Waals surface area contributed by atoms with Gasteiger partial charge < -0.3 is 13.7 Å². The molecule has 0 amide bonds. The topological polar surface area (TPSA) is 38.6 Å². The average Bonchev–Trinajstić information content (AvgIpc) is 3.87. The molecule has 0 radical (unpaired) electrons. The Labute approximate surface area is 305 Å². The second kappa shape index (κ2) is 11.3. The van der Waals surface area contributed by atoms with E-state index in [1.807, 2.05) is 12.1 Å². The zero-order valence-electron chi connectivity index (χ0n) is 28.6. The van der Waals surface area contributed by atoms with Gasteiger partial charge in [0.05, 0.1) is 44.7 Å². The van der Waals surface area contributed by atoms with Crippen LogP contribution in [0.1, 0.15) is 5.56 Å². The standard InChI is InChI=1S/C49H30N4/c50-31-32-19-23-36(24-20-32)51-44-29-27-40-38-15-7-9-17-42(38)52(35-13-5-2-6-14-35)48(40)46(44)47-45(51)30-28-41-39-16-8-10-18-43(39)53(49(41)47)37-25-21-34(22-26-37)33-11-3-1-4-12-33/h1-30H. The minimum absolute atomic E-state index is 0.641. The summed E-state index contributed by atoms with van der Waals surface area (Å²) in [5.41, 5.74) is 13.2. The van der Waals surface area contributed by atoms with Gasteiger partial charge in [-0.2, -0.15) is 5.26 Å². The molecule has 0 fully saturated rings. The molecule has 0 aliphatic carbocycles. The number of rotatable bonds is 4. The van der Waals surface area contributed by atoms with Crippen LogP contribution in [0, 0.1) is 11.3 Å². The predicted molar refractivity (Wildman–Crippen MR) is 220 cm³/mol. The Kier molecular flexibility index (Phi) is 6.28. The van der Waals surface area contributed by atoms with E-state index >= 15 is 0 Å². The molecule has 4 heteroatoms. The van der Waals surface area contributed by atoms with Gasteiger partial charge in [-0.3, -0.25) is 0 Å². The Morgan fingerprint density at radius 1 is 0.321 bits per heavy atom. The van der Waals surface area contributed by atoms with Crippen LogP contribution >= 0.6 is 0 Å². The fourth-order valence-electron chi connectivity index (χ4n) is 8.60. The Hall–Kier alpha value is -7.35. The van der Waals surface area contributed by atoms with E-state index in [0.29, 0.717) is 5.56 Å². The molecule has 4 nitrogen and oxygen atoms in total. The fourth-order valence-corrected chi connectivity index (χ4v) is 8.60. The van der Waals surface area contributed by atoms with Crippen molar-refractivity contribution in [2.24, 2.45) is 0 Å². The summed E-state index contributed by atoms with van der Waals surface area (Å²) in [6, 6.07) is 67.1. The maximum Gasteiger partial charge on any atom is 0.0991 e. The first kappa shape index (κ1) is 29.4. The summed E-state index contributed by atoms with van der Waals surface area (Å²) in [6.07, 6.45) is 0. The number of para-hydroxylation sites is 3. The van der Waals surface area contributed by atoms with Gasteiger partial charge in [0.25, 0.3) is 0 Å². The molecule has 0 bridgehead atoms. The SMILES string of the molecule is N#Cc1ccc(-n2c3ccc4c5ccccc5n(-c5ccccc5)c4c3c3c2ccc2c4ccccc4n(-c4ccc(-c5ccccc5)cc4)c23)cc1. The van der Waals surface area contributed by atoms with Crippen molar-refractivity contribution >= 4 is 65.4 Å². The van der Waals surface area contributed by atoms with Crippen molar-refractivity contribution in [1.29, 1.82) is 5.26 Å². The lowest BCUT2D eigenvalue weighted by atomic mass is 10.0. The highest BCUT2D eigenvalue weighted by Crippen LogP contribution is 2.46. The maximum atomic E-state index is 9.67. The summed E-state index contributed by atoms with van der Waals surface area (Å²) in [5.74, 6) is 0. The van der Waals surface area contributed by atoms with Gasteiger partial charge in [0.15, 0.2) is 0 Å². The smallest absolute Gasteiger partial charge is 0.0991 e. The number of nitrogens with zero attached hydrogens (tertiary/aromatic N) is 4. The Morgan fingerprint density at radius 2 is 0.755 bits per heavy atom. The molecule has 0 atom stereocenters. The zero-order valence-corrected chi connectivity index (χ0v) is 28.6. The summed E-state index contributed by atoms with van der Waals surface area (Å²) >= 11 is 0. The van der Waals surface area contributed by atoms with Crippen molar-refractivity contribution in [2.45, 2.75) is 0 Å². The molecule has 0 N–H and O–H groups in total. The van der Waals surface area contributed by atoms with Gasteiger partial charge in [-0.15, -0.1) is 0 Å². The number of nitriles is 1. The van der Waals surface area contributed by atoms with Gasteiger partial charge in [-0.25, -0.2) is 0 Å². The summed E-state index contributed by atoms with van der Waals surface area (Å²) in [5, 5.41) is 16.9. The van der Waals surface area contributed by atoms with Gasteiger partial charge >= 0.3 is 0 Å². The Bertz CT molecular complexity index is 3250. The second-order valence-electron chi connectivity index (χ2n) is 13.7. The lowest BCUT2D eigenvalue weighted by Gasteiger charge is -2.11. The van der Waals surface area contributed by atoms with Gasteiger partial charge in [0.2, 0.25) is 0 Å². The van der Waals surface area contributed by atoms with E-state index in [1.54, 1.807) is 0 Å². The fraction of sp³-hybridized carbons (Fsp3) is 0. The first-order valence-electron chi connectivity index (χ1n) is 17.9. The first-order chi connectivity index (χ1) is 26.3. The van der Waals surface area contributed by atoms with Crippen molar-refractivity contribution in [3.8, 4) is 34.3 Å². The number of aromatic nitrogens is 3. The third-order valence-electron chi connectivity index (χ3n) is 10.9. The number of hydrogen-bond donors (Lipinski definition) is 0. The van der Waals surface area contributed by atoms with Crippen molar-refractivity contribution < 1.29 is 0 Å². The number of fused-ring (bicyclic) bond motifs is 11. The van der Waals surface area contributed by atoms with E-state index in [2.05, 4.69) is 190 Å². The minimum Gasteiger partial charge on any atom is -0.309 e. The van der Waals surface area contributed by atoms with Crippen molar-refractivity contribution in [2.75, 3.05) is 0 Å². The number of benzene rings is 8. The van der Waals surface area contributed by atoms with Crippen LogP contribution in [0.4, 0.5) is 0 Å². The van der Waals surface area contributed by atoms with Crippen molar-refractivity contribution in [3.05, 3.63) is 188 Å². The van der Waals surface area contributed by atoms with E-state index in [0.717, 1.165) is 33.6 Å². The van der Waals surface area contributed by atoms with Gasteiger partial charge in [0.1, 0.15) is 0 Å². The van der Waals surface area contributed by atoms with Gasteiger partial charge in [0, 0.05) is 49.4 Å². The van der Waals surface area contributed by atoms with Crippen LogP contribution in [-0.4, -0.2) is 13.7 Å². The summed E-state index contributed by atoms with van der Waals surface area (Å²) in [6.45, 7) is 0. The molecule has 8 aromatic carbocycles. The van der Waals surface area contributed by atoms with Crippen LogP contribution in [0.5, 0.6) is 0 Å². The summed E-state index contributed by atoms with van der Waals surface area (Å²) < 4.78 is 7.27. The predicted octanol–water partition coefficient (Wildman–Crippen LogP) is 12.5. The van der Waals surface area contributed by atoms with E-state index in [4.69, 9.17) is 0 Å². The molecule has 0 spiro atoms. The van der Waals surface area contributed by atoms with Crippen LogP contribution in [0.15, 0.2) is 182 Å². The van der Waals surface area contributed by atoms with Gasteiger partial charge in [-0.1, -0.05) is 109 Å². The quantitative estimate of drug-likeness (QED) is 0.183. The third kappa shape index (κ3) is 4.22. The lowest BCUT2D eigenvalue weighted by Crippen LogP contribution is -1.95. The largest absolute Gasteiger partial charge is 0.309 e. The van der Waals surface area contributed by atoms with E-state index in [9.17, 15) is 5.26 Å². The third-order valence-corrected chi connectivity index (χ3v) is 10.9. The molecule has 53 heavy (non-hydrogen) atoms. The van der Waals surface area contributed by atoms with E-state index < -0.39 is 0 Å². The molecular weight excluding hydrogens is 645 g/mol. The number of hydrogen-bond acceptors (Lipinski definition) is 1. The molecule has 3 heterocycles. The highest BCUT2D eigenvalue weighted by molar-refractivity contribution is 6.33. The molecule has 11 aromatic rings. The highest BCUT2D eigenvalue weighted by Gasteiger charge is 2.25. The van der Waals surface area contributed by atoms with Gasteiger partial charge in [-0.05, 0) is 83.9 Å². The maximum absolute atomic E-state index is 9.67. The molecule has 246 valence electrons. The van der Waals surface area contributed by atoms with Crippen molar-refractivity contribution in [3.63, 3.8) is 0 Å². The molecule has 0 unspecified atom stereocenters. The van der Waals surface area contributed by atoms with Crippen LogP contribution < -0.4 is 0 Å². The highest BCUT2D eigenvalue weighted by atomic mass is 15.0. The summed E-state index contributed by atoms with van der Waals surface area (Å²) in [7, 11) is 0. The monoisotopic (exact) mass is 674 g/mol. The van der Waals surface area contributed by atoms with Crippen LogP contribution in [0.25, 0.3) is 93.6 Å². The Morgan fingerprint density at radius 3 is 1.30 bits per heavy atom. The van der Waals surface area contributed by atoms with Crippen LogP contribution in [-0.2, 0) is 0 Å². The van der Waals surface area contributed by atoms with E-state index in [-0.39, 0.29) is 0 Å². The second-order valence-corrected chi connectivity index (χ2v) is 13.7.